The van der Waals surface area contributed by atoms with Crippen molar-refractivity contribution < 1.29 is 0 Å². The van der Waals surface area contributed by atoms with Crippen LogP contribution in [0.4, 0.5) is 5.82 Å². The van der Waals surface area contributed by atoms with E-state index in [4.69, 9.17) is 4.98 Å². The van der Waals surface area contributed by atoms with Crippen molar-refractivity contribution in [3.05, 3.63) is 35.9 Å². The Kier molecular flexibility index (Phi) is 3.65. The highest BCUT2D eigenvalue weighted by Crippen LogP contribution is 2.20. The summed E-state index contributed by atoms with van der Waals surface area (Å²) < 4.78 is 0. The number of pyridine rings is 1. The van der Waals surface area contributed by atoms with Gasteiger partial charge in [0.1, 0.15) is 5.82 Å². The summed E-state index contributed by atoms with van der Waals surface area (Å²) in [5.41, 5.74) is 2.29. The van der Waals surface area contributed by atoms with Gasteiger partial charge in [0, 0.05) is 11.9 Å². The molecule has 0 radical (unpaired) electrons. The molecule has 1 atom stereocenters. The maximum atomic E-state index is 4.71. The molecule has 1 saturated heterocycles. The van der Waals surface area contributed by atoms with Crippen molar-refractivity contribution in [1.82, 2.24) is 10.3 Å². The first-order valence-corrected chi connectivity index (χ1v) is 7.14. The minimum atomic E-state index is 0.827. The lowest BCUT2D eigenvalue weighted by Crippen LogP contribution is -2.13. The topological polar surface area (TPSA) is 37.0 Å². The molecule has 0 bridgehead atoms. The zero-order chi connectivity index (χ0) is 13.1. The molecule has 1 aliphatic rings. The van der Waals surface area contributed by atoms with Crippen LogP contribution >= 0.6 is 0 Å². The van der Waals surface area contributed by atoms with Gasteiger partial charge in [0.05, 0.1) is 5.52 Å². The molecule has 3 rings (SSSR count). The van der Waals surface area contributed by atoms with E-state index in [9.17, 15) is 0 Å². The lowest BCUT2D eigenvalue weighted by atomic mass is 10.1. The van der Waals surface area contributed by atoms with Crippen molar-refractivity contribution in [2.24, 2.45) is 5.92 Å². The van der Waals surface area contributed by atoms with Crippen LogP contribution in [0.5, 0.6) is 0 Å². The third-order valence-corrected chi connectivity index (χ3v) is 3.92. The average molecular weight is 255 g/mol. The van der Waals surface area contributed by atoms with E-state index >= 15 is 0 Å². The smallest absolute Gasteiger partial charge is 0.129 e. The molecular weight excluding hydrogens is 234 g/mol. The Morgan fingerprint density at radius 1 is 1.37 bits per heavy atom. The van der Waals surface area contributed by atoms with E-state index < -0.39 is 0 Å². The van der Waals surface area contributed by atoms with E-state index in [2.05, 4.69) is 41.8 Å². The summed E-state index contributed by atoms with van der Waals surface area (Å²) in [6.07, 6.45) is 2.53. The Hall–Kier alpha value is -1.61. The number of para-hydroxylation sites is 1. The largest absolute Gasteiger partial charge is 0.370 e. The van der Waals surface area contributed by atoms with Gasteiger partial charge in [-0.05, 0) is 56.5 Å². The summed E-state index contributed by atoms with van der Waals surface area (Å²) in [7, 11) is 0. The molecule has 2 aromatic rings. The molecule has 3 heteroatoms. The standard InChI is InChI=1S/C16H21N3/c1-12-10-14-4-2-3-5-15(14)19-16(12)18-9-7-13-6-8-17-11-13/h2-5,10,13,17H,6-9,11H2,1H3,(H,18,19). The molecule has 100 valence electrons. The summed E-state index contributed by atoms with van der Waals surface area (Å²) in [4.78, 5) is 4.71. The molecule has 0 saturated carbocycles. The Bertz CT molecular complexity index is 559. The minimum Gasteiger partial charge on any atom is -0.370 e. The third-order valence-electron chi connectivity index (χ3n) is 3.92. The van der Waals surface area contributed by atoms with Gasteiger partial charge in [0.15, 0.2) is 0 Å². The number of nitrogens with one attached hydrogen (secondary N) is 2. The number of hydrogen-bond donors (Lipinski definition) is 2. The predicted molar refractivity (Wildman–Crippen MR) is 80.6 cm³/mol. The number of fused-ring (bicyclic) bond motifs is 1. The first-order valence-electron chi connectivity index (χ1n) is 7.14. The molecule has 1 aromatic heterocycles. The fraction of sp³-hybridized carbons (Fsp3) is 0.438. The number of aryl methyl sites for hydroxylation is 1. The molecule has 0 aliphatic carbocycles. The van der Waals surface area contributed by atoms with Crippen molar-refractivity contribution >= 4 is 16.7 Å². The van der Waals surface area contributed by atoms with Gasteiger partial charge < -0.3 is 10.6 Å². The molecule has 1 aliphatic heterocycles. The van der Waals surface area contributed by atoms with Crippen LogP contribution in [0.1, 0.15) is 18.4 Å². The van der Waals surface area contributed by atoms with Crippen molar-refractivity contribution in [1.29, 1.82) is 0 Å². The monoisotopic (exact) mass is 255 g/mol. The van der Waals surface area contributed by atoms with Gasteiger partial charge >= 0.3 is 0 Å². The predicted octanol–water partition coefficient (Wildman–Crippen LogP) is 2.95. The number of benzene rings is 1. The highest BCUT2D eigenvalue weighted by molar-refractivity contribution is 5.81. The summed E-state index contributed by atoms with van der Waals surface area (Å²) in [5.74, 6) is 1.86. The van der Waals surface area contributed by atoms with E-state index in [0.717, 1.165) is 23.8 Å². The van der Waals surface area contributed by atoms with E-state index in [1.54, 1.807) is 0 Å². The van der Waals surface area contributed by atoms with Crippen LogP contribution in [-0.2, 0) is 0 Å². The van der Waals surface area contributed by atoms with E-state index in [-0.39, 0.29) is 0 Å². The molecule has 0 spiro atoms. The fourth-order valence-corrected chi connectivity index (χ4v) is 2.76. The maximum absolute atomic E-state index is 4.71. The normalized spacial score (nSPS) is 18.9. The second-order valence-corrected chi connectivity index (χ2v) is 5.42. The molecule has 0 amide bonds. The number of nitrogens with zero attached hydrogens (tertiary/aromatic N) is 1. The quantitative estimate of drug-likeness (QED) is 0.882. The molecule has 1 aromatic carbocycles. The summed E-state index contributed by atoms with van der Waals surface area (Å²) in [6.45, 7) is 5.49. The van der Waals surface area contributed by atoms with E-state index in [0.29, 0.717) is 0 Å². The van der Waals surface area contributed by atoms with Crippen LogP contribution in [-0.4, -0.2) is 24.6 Å². The zero-order valence-corrected chi connectivity index (χ0v) is 11.4. The van der Waals surface area contributed by atoms with E-state index in [1.165, 1.54) is 36.9 Å². The van der Waals surface area contributed by atoms with Gasteiger partial charge in [-0.1, -0.05) is 18.2 Å². The summed E-state index contributed by atoms with van der Waals surface area (Å²) >= 11 is 0. The van der Waals surface area contributed by atoms with Crippen molar-refractivity contribution in [3.63, 3.8) is 0 Å². The second kappa shape index (κ2) is 5.57. The van der Waals surface area contributed by atoms with E-state index in [1.807, 2.05) is 6.07 Å². The van der Waals surface area contributed by atoms with Gasteiger partial charge in [-0.25, -0.2) is 4.98 Å². The SMILES string of the molecule is Cc1cc2ccccc2nc1NCCC1CCNC1. The number of hydrogen-bond acceptors (Lipinski definition) is 3. The first kappa shape index (κ1) is 12.4. The molecule has 1 fully saturated rings. The number of aromatic nitrogens is 1. The van der Waals surface area contributed by atoms with Crippen LogP contribution in [0.25, 0.3) is 10.9 Å². The lowest BCUT2D eigenvalue weighted by molar-refractivity contribution is 0.549. The Morgan fingerprint density at radius 3 is 3.11 bits per heavy atom. The van der Waals surface area contributed by atoms with Crippen LogP contribution in [0.3, 0.4) is 0 Å². The van der Waals surface area contributed by atoms with Gasteiger partial charge in [0.25, 0.3) is 0 Å². The van der Waals surface area contributed by atoms with Gasteiger partial charge in [-0.3, -0.25) is 0 Å². The number of anilines is 1. The molecule has 2 heterocycles. The van der Waals surface area contributed by atoms with Gasteiger partial charge in [-0.15, -0.1) is 0 Å². The zero-order valence-electron chi connectivity index (χ0n) is 11.4. The highest BCUT2D eigenvalue weighted by atomic mass is 15.0. The molecule has 19 heavy (non-hydrogen) atoms. The Morgan fingerprint density at radius 2 is 2.26 bits per heavy atom. The molecular formula is C16H21N3. The minimum absolute atomic E-state index is 0.827. The maximum Gasteiger partial charge on any atom is 0.129 e. The highest BCUT2D eigenvalue weighted by Gasteiger charge is 2.13. The van der Waals surface area contributed by atoms with Crippen molar-refractivity contribution in [2.75, 3.05) is 25.0 Å². The molecule has 3 nitrogen and oxygen atoms in total. The van der Waals surface area contributed by atoms with Crippen LogP contribution < -0.4 is 10.6 Å². The fourth-order valence-electron chi connectivity index (χ4n) is 2.76. The Balaban J connectivity index is 1.67. The third kappa shape index (κ3) is 2.87. The summed E-state index contributed by atoms with van der Waals surface area (Å²) in [5, 5.41) is 8.12. The Labute approximate surface area is 114 Å². The first-order chi connectivity index (χ1) is 9.33. The van der Waals surface area contributed by atoms with Gasteiger partial charge in [-0.2, -0.15) is 0 Å². The average Bonchev–Trinajstić information content (AvgIpc) is 2.92. The summed E-state index contributed by atoms with van der Waals surface area (Å²) in [6, 6.07) is 10.5. The van der Waals surface area contributed by atoms with Crippen molar-refractivity contribution in [3.8, 4) is 0 Å². The second-order valence-electron chi connectivity index (χ2n) is 5.42. The van der Waals surface area contributed by atoms with Crippen molar-refractivity contribution in [2.45, 2.75) is 19.8 Å². The molecule has 2 N–H and O–H groups in total. The lowest BCUT2D eigenvalue weighted by Gasteiger charge is -2.12. The number of rotatable bonds is 4. The van der Waals surface area contributed by atoms with Crippen LogP contribution in [0.2, 0.25) is 0 Å². The molecule has 1 unspecified atom stereocenters. The van der Waals surface area contributed by atoms with Crippen LogP contribution in [0, 0.1) is 12.8 Å². The van der Waals surface area contributed by atoms with Gasteiger partial charge in [0.2, 0.25) is 0 Å². The van der Waals surface area contributed by atoms with Crippen LogP contribution in [0.15, 0.2) is 30.3 Å².